The monoisotopic (exact) mass is 370 g/mol. The van der Waals surface area contributed by atoms with Gasteiger partial charge in [0.05, 0.1) is 0 Å². The molecule has 0 aromatic heterocycles. The van der Waals surface area contributed by atoms with Gasteiger partial charge in [0.25, 0.3) is 0 Å². The number of aldehydes is 1. The minimum atomic E-state index is 0.344. The number of carbonyl (C=O) groups is 1. The number of aliphatic hydroxyl groups excluding tert-OH is 1. The quantitative estimate of drug-likeness (QED) is 0.198. The highest BCUT2D eigenvalue weighted by molar-refractivity contribution is 5.53. The van der Waals surface area contributed by atoms with E-state index in [1.165, 1.54) is 89.9 Å². The zero-order valence-electron chi connectivity index (χ0n) is 18.6. The third-order valence-electron chi connectivity index (χ3n) is 5.24. The van der Waals surface area contributed by atoms with E-state index in [-0.39, 0.29) is 0 Å². The number of carbonyl (C=O) groups excluding carboxylic acids is 1. The van der Waals surface area contributed by atoms with Crippen molar-refractivity contribution in [1.82, 2.24) is 0 Å². The van der Waals surface area contributed by atoms with E-state index in [1.807, 2.05) is 0 Å². The van der Waals surface area contributed by atoms with Crippen LogP contribution in [0.25, 0.3) is 0 Å². The molecule has 2 unspecified atom stereocenters. The number of aliphatic hydroxyl groups is 1. The molecule has 0 spiro atoms. The van der Waals surface area contributed by atoms with Crippen molar-refractivity contribution in [3.05, 3.63) is 0 Å². The predicted molar refractivity (Wildman–Crippen MR) is 117 cm³/mol. The first-order valence-corrected chi connectivity index (χ1v) is 11.8. The largest absolute Gasteiger partial charge is 0.396 e. The van der Waals surface area contributed by atoms with Crippen LogP contribution in [0, 0.1) is 11.8 Å². The van der Waals surface area contributed by atoms with Gasteiger partial charge in [-0.3, -0.25) is 0 Å². The van der Waals surface area contributed by atoms with E-state index in [4.69, 9.17) is 5.11 Å². The molecule has 0 rings (SSSR count). The van der Waals surface area contributed by atoms with Gasteiger partial charge in [-0.1, -0.05) is 105 Å². The average Bonchev–Trinajstić information content (AvgIpc) is 2.67. The minimum absolute atomic E-state index is 0.344. The van der Waals surface area contributed by atoms with Crippen molar-refractivity contribution in [3.8, 4) is 0 Å². The lowest BCUT2D eigenvalue weighted by Crippen LogP contribution is -2.05. The molecule has 0 aliphatic rings. The third kappa shape index (κ3) is 21.7. The van der Waals surface area contributed by atoms with Crippen LogP contribution in [0.3, 0.4) is 0 Å². The van der Waals surface area contributed by atoms with Gasteiger partial charge in [-0.2, -0.15) is 0 Å². The van der Waals surface area contributed by atoms with Crippen LogP contribution >= 0.6 is 0 Å². The van der Waals surface area contributed by atoms with Gasteiger partial charge in [-0.15, -0.1) is 0 Å². The van der Waals surface area contributed by atoms with E-state index in [9.17, 15) is 4.79 Å². The zero-order chi connectivity index (χ0) is 19.9. The van der Waals surface area contributed by atoms with Gasteiger partial charge >= 0.3 is 0 Å². The van der Waals surface area contributed by atoms with Gasteiger partial charge in [0.1, 0.15) is 6.29 Å². The highest BCUT2D eigenvalue weighted by Crippen LogP contribution is 2.16. The summed E-state index contributed by atoms with van der Waals surface area (Å²) in [4.78, 5) is 10.7. The fraction of sp³-hybridized carbons (Fsp3) is 0.958. The normalized spacial score (nSPS) is 13.0. The number of rotatable bonds is 18. The lowest BCUT2D eigenvalue weighted by atomic mass is 9.96. The summed E-state index contributed by atoms with van der Waals surface area (Å²) < 4.78 is 0. The topological polar surface area (TPSA) is 37.3 Å². The summed E-state index contributed by atoms with van der Waals surface area (Å²) in [7, 11) is 0. The Morgan fingerprint density at radius 2 is 1.04 bits per heavy atom. The molecule has 0 fully saturated rings. The Bertz CT molecular complexity index is 253. The van der Waals surface area contributed by atoms with E-state index in [0.717, 1.165) is 19.1 Å². The summed E-state index contributed by atoms with van der Waals surface area (Å²) in [6, 6.07) is 0. The lowest BCUT2D eigenvalue weighted by molar-refractivity contribution is -0.111. The maximum Gasteiger partial charge on any atom is 0.123 e. The summed E-state index contributed by atoms with van der Waals surface area (Å²) in [6.07, 6.45) is 21.2. The van der Waals surface area contributed by atoms with Crippen molar-refractivity contribution in [2.75, 3.05) is 6.61 Å². The Labute approximate surface area is 165 Å². The van der Waals surface area contributed by atoms with Crippen molar-refractivity contribution >= 4 is 6.29 Å². The molecular weight excluding hydrogens is 320 g/mol. The van der Waals surface area contributed by atoms with Gasteiger partial charge < -0.3 is 9.90 Å². The molecule has 0 bridgehead atoms. The van der Waals surface area contributed by atoms with Crippen LogP contribution in [0.2, 0.25) is 0 Å². The Balaban J connectivity index is 0. The van der Waals surface area contributed by atoms with Crippen LogP contribution in [0.15, 0.2) is 0 Å². The molecule has 1 N–H and O–H groups in total. The highest BCUT2D eigenvalue weighted by atomic mass is 16.3. The van der Waals surface area contributed by atoms with Gasteiger partial charge in [0.2, 0.25) is 0 Å². The number of hydrogen-bond donors (Lipinski definition) is 1. The fourth-order valence-corrected chi connectivity index (χ4v) is 3.26. The predicted octanol–water partition coefficient (Wildman–Crippen LogP) is 7.72. The van der Waals surface area contributed by atoms with Crippen molar-refractivity contribution in [2.24, 2.45) is 11.8 Å². The molecule has 2 heteroatoms. The van der Waals surface area contributed by atoms with Crippen LogP contribution in [0.5, 0.6) is 0 Å². The molecule has 0 heterocycles. The molecule has 0 saturated carbocycles. The standard InChI is InChI=1S/C12H26O.C12H24O/c2*1-3-5-7-8-10-12(11-13)9-6-4-2/h12-13H,3-11H2,1-2H3;11-12H,3-10H2,1-2H3. The molecule has 0 amide bonds. The first kappa shape index (κ1) is 27.8. The second kappa shape index (κ2) is 24.6. The number of unbranched alkanes of at least 4 members (excludes halogenated alkanes) is 8. The first-order chi connectivity index (χ1) is 12.7. The summed E-state index contributed by atoms with van der Waals surface area (Å²) in [5.74, 6) is 0.925. The maximum atomic E-state index is 10.7. The second-order valence-electron chi connectivity index (χ2n) is 7.93. The van der Waals surface area contributed by atoms with E-state index in [1.54, 1.807) is 0 Å². The fourth-order valence-electron chi connectivity index (χ4n) is 3.26. The van der Waals surface area contributed by atoms with Crippen molar-refractivity contribution in [3.63, 3.8) is 0 Å². The average molecular weight is 371 g/mol. The molecule has 158 valence electrons. The van der Waals surface area contributed by atoms with Gasteiger partial charge in [-0.05, 0) is 31.6 Å². The van der Waals surface area contributed by atoms with Crippen LogP contribution in [0.4, 0.5) is 0 Å². The summed E-state index contributed by atoms with van der Waals surface area (Å²) in [5, 5.41) is 9.11. The van der Waals surface area contributed by atoms with Crippen LogP contribution < -0.4 is 0 Å². The molecule has 0 aliphatic heterocycles. The van der Waals surface area contributed by atoms with Gasteiger partial charge in [0, 0.05) is 12.5 Å². The van der Waals surface area contributed by atoms with Crippen LogP contribution in [0.1, 0.15) is 130 Å². The molecule has 0 radical (unpaired) electrons. The lowest BCUT2D eigenvalue weighted by Gasteiger charge is -2.12. The summed E-state index contributed by atoms with van der Waals surface area (Å²) in [5.41, 5.74) is 0. The second-order valence-corrected chi connectivity index (χ2v) is 7.93. The van der Waals surface area contributed by atoms with Crippen LogP contribution in [-0.2, 0) is 4.79 Å². The molecule has 2 atom stereocenters. The van der Waals surface area contributed by atoms with Crippen molar-refractivity contribution in [1.29, 1.82) is 0 Å². The molecule has 26 heavy (non-hydrogen) atoms. The van der Waals surface area contributed by atoms with E-state index in [0.29, 0.717) is 18.4 Å². The maximum absolute atomic E-state index is 10.7. The van der Waals surface area contributed by atoms with E-state index in [2.05, 4.69) is 27.7 Å². The molecule has 0 saturated heterocycles. The summed E-state index contributed by atoms with van der Waals surface area (Å²) >= 11 is 0. The zero-order valence-corrected chi connectivity index (χ0v) is 18.6. The molecular formula is C24H50O2. The van der Waals surface area contributed by atoms with Gasteiger partial charge in [-0.25, -0.2) is 0 Å². The van der Waals surface area contributed by atoms with E-state index >= 15 is 0 Å². The SMILES string of the molecule is CCCCCCC(C=O)CCCC.CCCCCCC(CO)CCCC. The minimum Gasteiger partial charge on any atom is -0.396 e. The third-order valence-corrected chi connectivity index (χ3v) is 5.24. The van der Waals surface area contributed by atoms with Crippen molar-refractivity contribution < 1.29 is 9.90 Å². The van der Waals surface area contributed by atoms with Crippen molar-refractivity contribution in [2.45, 2.75) is 130 Å². The first-order valence-electron chi connectivity index (χ1n) is 11.8. The number of hydrogen-bond acceptors (Lipinski definition) is 2. The highest BCUT2D eigenvalue weighted by Gasteiger charge is 2.06. The smallest absolute Gasteiger partial charge is 0.123 e. The Kier molecular flexibility index (Phi) is 26.4. The Morgan fingerprint density at radius 1 is 0.615 bits per heavy atom. The summed E-state index contributed by atoms with van der Waals surface area (Å²) in [6.45, 7) is 9.24. The molecule has 0 aromatic rings. The Morgan fingerprint density at radius 3 is 1.50 bits per heavy atom. The van der Waals surface area contributed by atoms with Crippen LogP contribution in [-0.4, -0.2) is 18.0 Å². The Hall–Kier alpha value is -0.370. The van der Waals surface area contributed by atoms with Gasteiger partial charge in [0.15, 0.2) is 0 Å². The molecule has 2 nitrogen and oxygen atoms in total. The van der Waals surface area contributed by atoms with E-state index < -0.39 is 0 Å². The molecule has 0 aromatic carbocycles. The molecule has 0 aliphatic carbocycles.